The highest BCUT2D eigenvalue weighted by molar-refractivity contribution is 7.92. The van der Waals surface area contributed by atoms with E-state index < -0.39 is 10.0 Å². The fourth-order valence-corrected chi connectivity index (χ4v) is 5.13. The van der Waals surface area contributed by atoms with E-state index in [9.17, 15) is 18.3 Å². The number of para-hydroxylation sites is 2. The predicted octanol–water partition coefficient (Wildman–Crippen LogP) is 5.24. The summed E-state index contributed by atoms with van der Waals surface area (Å²) in [6, 6.07) is 25.1. The van der Waals surface area contributed by atoms with E-state index in [-0.39, 0.29) is 29.0 Å². The first-order chi connectivity index (χ1) is 19.7. The van der Waals surface area contributed by atoms with Gasteiger partial charge in [-0.05, 0) is 67.1 Å². The summed E-state index contributed by atoms with van der Waals surface area (Å²) in [5.41, 5.74) is 3.92. The van der Waals surface area contributed by atoms with Crippen LogP contribution >= 0.6 is 0 Å². The Morgan fingerprint density at radius 3 is 2.24 bits per heavy atom. The summed E-state index contributed by atoms with van der Waals surface area (Å²) in [5, 5.41) is 15.5. The number of fused-ring (bicyclic) bond motifs is 1. The number of carbonyl (C=O) groups is 1. The molecule has 1 amide bonds. The van der Waals surface area contributed by atoms with Crippen molar-refractivity contribution in [2.75, 3.05) is 22.5 Å². The molecule has 5 aromatic rings. The van der Waals surface area contributed by atoms with E-state index in [0.717, 1.165) is 5.56 Å². The van der Waals surface area contributed by atoms with Crippen LogP contribution in [0.5, 0.6) is 5.75 Å². The van der Waals surface area contributed by atoms with Gasteiger partial charge in [0.2, 0.25) is 0 Å². The van der Waals surface area contributed by atoms with E-state index in [1.54, 1.807) is 60.7 Å². The minimum atomic E-state index is -4.16. The van der Waals surface area contributed by atoms with Crippen LogP contribution in [0.1, 0.15) is 21.5 Å². The van der Waals surface area contributed by atoms with Gasteiger partial charge >= 0.3 is 0 Å². The third-order valence-electron chi connectivity index (χ3n) is 6.16. The highest BCUT2D eigenvalue weighted by Gasteiger charge is 2.20. The van der Waals surface area contributed by atoms with E-state index in [1.165, 1.54) is 25.3 Å². The van der Waals surface area contributed by atoms with E-state index >= 15 is 0 Å². The molecule has 0 spiro atoms. The van der Waals surface area contributed by atoms with Gasteiger partial charge in [-0.1, -0.05) is 35.9 Å². The third kappa shape index (κ3) is 6.43. The molecule has 10 nitrogen and oxygen atoms in total. The molecule has 11 heteroatoms. The maximum atomic E-state index is 13.5. The summed E-state index contributed by atoms with van der Waals surface area (Å²) in [7, 11) is -2.65. The lowest BCUT2D eigenvalue weighted by molar-refractivity contribution is 0.102. The van der Waals surface area contributed by atoms with Crippen molar-refractivity contribution in [1.29, 1.82) is 0 Å². The summed E-state index contributed by atoms with van der Waals surface area (Å²) in [4.78, 5) is 21.7. The van der Waals surface area contributed by atoms with E-state index in [2.05, 4.69) is 25.3 Å². The summed E-state index contributed by atoms with van der Waals surface area (Å²) in [6.45, 7) is 1.71. The largest absolute Gasteiger partial charge is 0.497 e. The maximum absolute atomic E-state index is 13.5. The normalized spacial score (nSPS) is 11.2. The monoisotopic (exact) mass is 569 g/mol. The van der Waals surface area contributed by atoms with E-state index in [0.29, 0.717) is 39.3 Å². The van der Waals surface area contributed by atoms with Crippen molar-refractivity contribution in [2.24, 2.45) is 0 Å². The fraction of sp³-hybridized carbons (Fsp3) is 0.100. The van der Waals surface area contributed by atoms with Crippen LogP contribution in [0.25, 0.3) is 11.0 Å². The van der Waals surface area contributed by atoms with Gasteiger partial charge < -0.3 is 20.5 Å². The molecular formula is C30H27N5O5S. The van der Waals surface area contributed by atoms with Crippen molar-refractivity contribution < 1.29 is 23.1 Å². The van der Waals surface area contributed by atoms with Crippen LogP contribution in [-0.2, 0) is 16.6 Å². The Kier molecular flexibility index (Phi) is 7.81. The van der Waals surface area contributed by atoms with Gasteiger partial charge in [-0.2, -0.15) is 0 Å². The molecule has 0 fully saturated rings. The van der Waals surface area contributed by atoms with Crippen molar-refractivity contribution in [3.05, 3.63) is 108 Å². The zero-order chi connectivity index (χ0) is 29.0. The summed E-state index contributed by atoms with van der Waals surface area (Å²) in [6.07, 6.45) is 0. The average molecular weight is 570 g/mol. The number of ether oxygens (including phenoxy) is 1. The number of aromatic nitrogens is 2. The molecule has 1 heterocycles. The number of aliphatic hydroxyl groups is 1. The van der Waals surface area contributed by atoms with Crippen molar-refractivity contribution in [2.45, 2.75) is 18.4 Å². The Labute approximate surface area is 237 Å². The number of methoxy groups -OCH3 is 1. The van der Waals surface area contributed by atoms with Crippen LogP contribution in [0.3, 0.4) is 0 Å². The summed E-state index contributed by atoms with van der Waals surface area (Å²) < 4.78 is 34.9. The molecule has 0 radical (unpaired) electrons. The zero-order valence-corrected chi connectivity index (χ0v) is 23.1. The number of hydrogen-bond acceptors (Lipinski definition) is 8. The number of sulfonamides is 1. The van der Waals surface area contributed by atoms with Crippen LogP contribution in [0, 0.1) is 6.92 Å². The standard InChI is InChI=1S/C30H27N5O5S/c1-19-10-12-21(13-11-19)30(37)32-22-6-5-7-25(17-22)41(38,39)35-29-28(33-26-8-3-4-9-27(26)34-29)31-23-14-20(18-36)15-24(16-23)40-2/h3-17,36H,18H2,1-2H3,(H,31,33)(H,32,37)(H,34,35). The number of aliphatic hydroxyl groups excluding tert-OH is 1. The smallest absolute Gasteiger partial charge is 0.263 e. The number of anilines is 4. The second kappa shape index (κ2) is 11.6. The molecule has 0 atom stereocenters. The lowest BCUT2D eigenvalue weighted by Crippen LogP contribution is -2.17. The lowest BCUT2D eigenvalue weighted by atomic mass is 10.1. The summed E-state index contributed by atoms with van der Waals surface area (Å²) >= 11 is 0. The molecule has 0 unspecified atom stereocenters. The first-order valence-corrected chi connectivity index (χ1v) is 14.1. The SMILES string of the molecule is COc1cc(CO)cc(Nc2nc3ccccc3nc2NS(=O)(=O)c2cccc(NC(=O)c3ccc(C)cc3)c2)c1. The number of hydrogen-bond donors (Lipinski definition) is 4. The Hall–Kier alpha value is -5.00. The molecule has 0 bridgehead atoms. The lowest BCUT2D eigenvalue weighted by Gasteiger charge is -2.15. The number of amides is 1. The van der Waals surface area contributed by atoms with Gasteiger partial charge in [-0.3, -0.25) is 9.52 Å². The topological polar surface area (TPSA) is 143 Å². The van der Waals surface area contributed by atoms with Crippen LogP contribution in [-0.4, -0.2) is 36.5 Å². The number of nitrogens with one attached hydrogen (secondary N) is 3. The van der Waals surface area contributed by atoms with E-state index in [1.807, 2.05) is 19.1 Å². The molecule has 1 aromatic heterocycles. The molecule has 0 aliphatic rings. The number of aryl methyl sites for hydroxylation is 1. The number of carbonyl (C=O) groups excluding carboxylic acids is 1. The summed E-state index contributed by atoms with van der Waals surface area (Å²) in [5.74, 6) is 0.249. The predicted molar refractivity (Wildman–Crippen MR) is 158 cm³/mol. The Balaban J connectivity index is 1.46. The van der Waals surface area contributed by atoms with Gasteiger partial charge in [0.1, 0.15) is 5.75 Å². The van der Waals surface area contributed by atoms with Gasteiger partial charge in [0.05, 0.1) is 29.6 Å². The van der Waals surface area contributed by atoms with Gasteiger partial charge in [-0.25, -0.2) is 18.4 Å². The van der Waals surface area contributed by atoms with Gasteiger partial charge in [-0.15, -0.1) is 0 Å². The van der Waals surface area contributed by atoms with E-state index in [4.69, 9.17) is 4.74 Å². The minimum absolute atomic E-state index is 0.0360. The van der Waals surface area contributed by atoms with Crippen LogP contribution < -0.4 is 20.1 Å². The average Bonchev–Trinajstić information content (AvgIpc) is 2.97. The molecule has 0 aliphatic heterocycles. The molecule has 0 saturated heterocycles. The minimum Gasteiger partial charge on any atom is -0.497 e. The van der Waals surface area contributed by atoms with Crippen LogP contribution in [0.4, 0.5) is 23.0 Å². The Morgan fingerprint density at radius 2 is 1.56 bits per heavy atom. The number of benzene rings is 4. The fourth-order valence-electron chi connectivity index (χ4n) is 4.07. The second-order valence-electron chi connectivity index (χ2n) is 9.22. The first kappa shape index (κ1) is 27.6. The third-order valence-corrected chi connectivity index (χ3v) is 7.50. The molecular weight excluding hydrogens is 542 g/mol. The van der Waals surface area contributed by atoms with Gasteiger partial charge in [0.15, 0.2) is 11.6 Å². The first-order valence-electron chi connectivity index (χ1n) is 12.6. The van der Waals surface area contributed by atoms with Crippen molar-refractivity contribution in [1.82, 2.24) is 9.97 Å². The van der Waals surface area contributed by atoms with Crippen LogP contribution in [0.15, 0.2) is 95.9 Å². The quantitative estimate of drug-likeness (QED) is 0.189. The van der Waals surface area contributed by atoms with Crippen molar-refractivity contribution >= 4 is 50.0 Å². The Bertz CT molecular complexity index is 1820. The molecule has 4 aromatic carbocycles. The van der Waals surface area contributed by atoms with Gasteiger partial charge in [0, 0.05) is 23.0 Å². The molecule has 208 valence electrons. The zero-order valence-electron chi connectivity index (χ0n) is 22.3. The highest BCUT2D eigenvalue weighted by atomic mass is 32.2. The molecule has 0 aliphatic carbocycles. The highest BCUT2D eigenvalue weighted by Crippen LogP contribution is 2.30. The van der Waals surface area contributed by atoms with Crippen molar-refractivity contribution in [3.8, 4) is 5.75 Å². The van der Waals surface area contributed by atoms with Crippen LogP contribution in [0.2, 0.25) is 0 Å². The second-order valence-corrected chi connectivity index (χ2v) is 10.9. The number of nitrogens with zero attached hydrogens (tertiary/aromatic N) is 2. The van der Waals surface area contributed by atoms with Gasteiger partial charge in [0.25, 0.3) is 15.9 Å². The molecule has 0 saturated carbocycles. The molecule has 41 heavy (non-hydrogen) atoms. The maximum Gasteiger partial charge on any atom is 0.263 e. The molecule has 4 N–H and O–H groups in total. The number of rotatable bonds is 9. The molecule has 5 rings (SSSR count). The van der Waals surface area contributed by atoms with Crippen molar-refractivity contribution in [3.63, 3.8) is 0 Å². The Morgan fingerprint density at radius 1 is 0.854 bits per heavy atom.